The third-order valence-electron chi connectivity index (χ3n) is 5.93. The lowest BCUT2D eigenvalue weighted by Gasteiger charge is -2.31. The Morgan fingerprint density at radius 1 is 1.06 bits per heavy atom. The van der Waals surface area contributed by atoms with E-state index in [1.807, 2.05) is 47.4 Å². The first kappa shape index (κ1) is 20.5. The summed E-state index contributed by atoms with van der Waals surface area (Å²) in [5.74, 6) is -0.0612. The van der Waals surface area contributed by atoms with Crippen molar-refractivity contribution in [2.45, 2.75) is 6.04 Å². The van der Waals surface area contributed by atoms with Gasteiger partial charge < -0.3 is 9.64 Å². The quantitative estimate of drug-likeness (QED) is 0.622. The number of rotatable bonds is 5. The molecule has 0 spiro atoms. The maximum Gasteiger partial charge on any atom is 0.273 e. The average Bonchev–Trinajstić information content (AvgIpc) is 3.33. The zero-order chi connectivity index (χ0) is 21.4. The molecule has 8 heteroatoms. The number of aromatic amines is 1. The van der Waals surface area contributed by atoms with E-state index in [2.05, 4.69) is 15.1 Å². The summed E-state index contributed by atoms with van der Waals surface area (Å²) in [5, 5.41) is 8.59. The SMILES string of the molecule is O=C1c2[nH]nc(-c3ccccc3)c2C(c2ccc(Cl)cc2Cl)N1CCN1CCOCC1. The van der Waals surface area contributed by atoms with Gasteiger partial charge in [-0.15, -0.1) is 0 Å². The molecule has 31 heavy (non-hydrogen) atoms. The van der Waals surface area contributed by atoms with E-state index < -0.39 is 0 Å². The summed E-state index contributed by atoms with van der Waals surface area (Å²) in [6, 6.07) is 15.0. The molecule has 1 amide bonds. The van der Waals surface area contributed by atoms with E-state index in [9.17, 15) is 4.79 Å². The monoisotopic (exact) mass is 456 g/mol. The number of halogens is 2. The van der Waals surface area contributed by atoms with Crippen molar-refractivity contribution < 1.29 is 9.53 Å². The van der Waals surface area contributed by atoms with E-state index in [-0.39, 0.29) is 11.9 Å². The van der Waals surface area contributed by atoms with Gasteiger partial charge in [-0.05, 0) is 17.7 Å². The van der Waals surface area contributed by atoms with Gasteiger partial charge in [0, 0.05) is 47.4 Å². The molecule has 6 nitrogen and oxygen atoms in total. The summed E-state index contributed by atoms with van der Waals surface area (Å²) < 4.78 is 5.45. The van der Waals surface area contributed by atoms with E-state index >= 15 is 0 Å². The maximum absolute atomic E-state index is 13.4. The van der Waals surface area contributed by atoms with E-state index in [4.69, 9.17) is 27.9 Å². The first-order valence-electron chi connectivity index (χ1n) is 10.3. The second kappa shape index (κ2) is 8.63. The van der Waals surface area contributed by atoms with Crippen LogP contribution in [0, 0.1) is 0 Å². The molecule has 3 heterocycles. The number of carbonyl (C=O) groups excluding carboxylic acids is 1. The summed E-state index contributed by atoms with van der Waals surface area (Å²) in [6.45, 7) is 4.55. The van der Waals surface area contributed by atoms with Gasteiger partial charge in [0.1, 0.15) is 5.69 Å². The lowest BCUT2D eigenvalue weighted by atomic mass is 9.96. The van der Waals surface area contributed by atoms with Gasteiger partial charge in [0.2, 0.25) is 0 Å². The number of nitrogens with zero attached hydrogens (tertiary/aromatic N) is 3. The van der Waals surface area contributed by atoms with Crippen molar-refractivity contribution in [3.63, 3.8) is 0 Å². The highest BCUT2D eigenvalue weighted by molar-refractivity contribution is 6.35. The molecule has 1 unspecified atom stereocenters. The Hall–Kier alpha value is -2.38. The number of ether oxygens (including phenoxy) is 1. The van der Waals surface area contributed by atoms with Crippen molar-refractivity contribution >= 4 is 29.1 Å². The smallest absolute Gasteiger partial charge is 0.273 e. The fraction of sp³-hybridized carbons (Fsp3) is 0.304. The molecule has 0 aliphatic carbocycles. The highest BCUT2D eigenvalue weighted by Gasteiger charge is 2.42. The van der Waals surface area contributed by atoms with Gasteiger partial charge in [-0.2, -0.15) is 5.10 Å². The van der Waals surface area contributed by atoms with E-state index in [1.54, 1.807) is 6.07 Å². The standard InChI is InChI=1S/C23H22Cl2N4O2/c24-16-6-7-17(18(25)14-16)22-19-20(15-4-2-1-3-5-15)26-27-21(19)23(30)29(22)9-8-28-10-12-31-13-11-28/h1-7,14,22H,8-13H2,(H,26,27). The number of fused-ring (bicyclic) bond motifs is 1. The topological polar surface area (TPSA) is 61.5 Å². The van der Waals surface area contributed by atoms with Crippen LogP contribution in [0.5, 0.6) is 0 Å². The third kappa shape index (κ3) is 3.85. The Morgan fingerprint density at radius 2 is 1.84 bits per heavy atom. The normalized spacial score (nSPS) is 19.1. The molecule has 2 aliphatic rings. The fourth-order valence-corrected chi connectivity index (χ4v) is 4.88. The summed E-state index contributed by atoms with van der Waals surface area (Å²) >= 11 is 12.8. The number of hydrogen-bond acceptors (Lipinski definition) is 4. The highest BCUT2D eigenvalue weighted by Crippen LogP contribution is 2.44. The molecular weight excluding hydrogens is 435 g/mol. The van der Waals surface area contributed by atoms with Gasteiger partial charge >= 0.3 is 0 Å². The zero-order valence-electron chi connectivity index (χ0n) is 16.9. The molecule has 0 radical (unpaired) electrons. The molecule has 0 bridgehead atoms. The number of hydrogen-bond donors (Lipinski definition) is 1. The van der Waals surface area contributed by atoms with Crippen molar-refractivity contribution in [3.8, 4) is 11.3 Å². The number of morpholine rings is 1. The van der Waals surface area contributed by atoms with Crippen LogP contribution in [-0.2, 0) is 4.74 Å². The van der Waals surface area contributed by atoms with Crippen molar-refractivity contribution in [1.29, 1.82) is 0 Å². The van der Waals surface area contributed by atoms with Crippen molar-refractivity contribution in [3.05, 3.63) is 75.4 Å². The maximum atomic E-state index is 13.4. The van der Waals surface area contributed by atoms with Crippen molar-refractivity contribution in [2.75, 3.05) is 39.4 Å². The number of aromatic nitrogens is 2. The molecule has 1 aromatic heterocycles. The predicted octanol–water partition coefficient (Wildman–Crippen LogP) is 4.26. The van der Waals surface area contributed by atoms with Gasteiger partial charge in [0.25, 0.3) is 5.91 Å². The van der Waals surface area contributed by atoms with Crippen LogP contribution in [-0.4, -0.2) is 65.3 Å². The van der Waals surface area contributed by atoms with E-state index in [0.29, 0.717) is 22.3 Å². The largest absolute Gasteiger partial charge is 0.379 e. The minimum absolute atomic E-state index is 0.0612. The average molecular weight is 457 g/mol. The van der Waals surface area contributed by atoms with Crippen LogP contribution in [0.4, 0.5) is 0 Å². The van der Waals surface area contributed by atoms with Crippen LogP contribution >= 0.6 is 23.2 Å². The van der Waals surface area contributed by atoms with Gasteiger partial charge in [-0.3, -0.25) is 14.8 Å². The molecule has 2 aromatic carbocycles. The Morgan fingerprint density at radius 3 is 2.58 bits per heavy atom. The van der Waals surface area contributed by atoms with E-state index in [0.717, 1.165) is 55.2 Å². The summed E-state index contributed by atoms with van der Waals surface area (Å²) in [4.78, 5) is 17.6. The van der Waals surface area contributed by atoms with Crippen LogP contribution in [0.25, 0.3) is 11.3 Å². The molecular formula is C23H22Cl2N4O2. The minimum atomic E-state index is -0.331. The Kier molecular flexibility index (Phi) is 5.71. The van der Waals surface area contributed by atoms with Gasteiger partial charge in [0.05, 0.1) is 24.9 Å². The molecule has 160 valence electrons. The highest BCUT2D eigenvalue weighted by atomic mass is 35.5. The van der Waals surface area contributed by atoms with E-state index in [1.165, 1.54) is 0 Å². The first-order chi connectivity index (χ1) is 15.1. The minimum Gasteiger partial charge on any atom is -0.379 e. The van der Waals surface area contributed by atoms with Gasteiger partial charge in [-0.25, -0.2) is 0 Å². The number of amides is 1. The summed E-state index contributed by atoms with van der Waals surface area (Å²) in [7, 11) is 0. The second-order valence-corrected chi connectivity index (χ2v) is 8.59. The van der Waals surface area contributed by atoms with Crippen molar-refractivity contribution in [2.24, 2.45) is 0 Å². The van der Waals surface area contributed by atoms with Crippen molar-refractivity contribution in [1.82, 2.24) is 20.0 Å². The van der Waals surface area contributed by atoms with Crippen LogP contribution in [0.15, 0.2) is 48.5 Å². The number of carbonyl (C=O) groups is 1. The lowest BCUT2D eigenvalue weighted by Crippen LogP contribution is -2.42. The number of H-pyrrole nitrogens is 1. The van der Waals surface area contributed by atoms with Gasteiger partial charge in [-0.1, -0.05) is 59.6 Å². The number of benzene rings is 2. The van der Waals surface area contributed by atoms with Crippen LogP contribution in [0.2, 0.25) is 10.0 Å². The predicted molar refractivity (Wildman–Crippen MR) is 121 cm³/mol. The van der Waals surface area contributed by atoms with Crippen LogP contribution < -0.4 is 0 Å². The Labute approximate surface area is 190 Å². The van der Waals surface area contributed by atoms with Crippen LogP contribution in [0.1, 0.15) is 27.7 Å². The summed E-state index contributed by atoms with van der Waals surface area (Å²) in [6.07, 6.45) is 0. The zero-order valence-corrected chi connectivity index (χ0v) is 18.4. The third-order valence-corrected chi connectivity index (χ3v) is 6.49. The molecule has 0 saturated carbocycles. The molecule has 1 atom stereocenters. The fourth-order valence-electron chi connectivity index (χ4n) is 4.36. The molecule has 1 N–H and O–H groups in total. The molecule has 5 rings (SSSR count). The molecule has 3 aromatic rings. The van der Waals surface area contributed by atoms with Gasteiger partial charge in [0.15, 0.2) is 0 Å². The van der Waals surface area contributed by atoms with Crippen LogP contribution in [0.3, 0.4) is 0 Å². The Balaban J connectivity index is 1.56. The second-order valence-electron chi connectivity index (χ2n) is 7.75. The number of nitrogens with one attached hydrogen (secondary N) is 1. The summed E-state index contributed by atoms with van der Waals surface area (Å²) in [5.41, 5.74) is 3.96. The Bertz CT molecular complexity index is 1100. The molecule has 1 fully saturated rings. The first-order valence-corrected chi connectivity index (χ1v) is 11.1. The molecule has 2 aliphatic heterocycles. The molecule has 1 saturated heterocycles. The lowest BCUT2D eigenvalue weighted by molar-refractivity contribution is 0.0316.